The number of thiophene rings is 1. The van der Waals surface area contributed by atoms with Crippen molar-refractivity contribution >= 4 is 11.3 Å². The second-order valence-electron chi connectivity index (χ2n) is 4.40. The molecule has 0 radical (unpaired) electrons. The maximum absolute atomic E-state index is 4.70. The Hall–Kier alpha value is -1.19. The number of rotatable bonds is 5. The van der Waals surface area contributed by atoms with E-state index < -0.39 is 0 Å². The van der Waals surface area contributed by atoms with Crippen LogP contribution >= 0.6 is 11.3 Å². The summed E-state index contributed by atoms with van der Waals surface area (Å²) in [5.41, 5.74) is 2.29. The normalized spacial score (nSPS) is 11.0. The van der Waals surface area contributed by atoms with Crippen molar-refractivity contribution in [2.24, 2.45) is 0 Å². The summed E-state index contributed by atoms with van der Waals surface area (Å²) >= 11 is 1.74. The highest BCUT2D eigenvalue weighted by Crippen LogP contribution is 2.22. The van der Waals surface area contributed by atoms with Gasteiger partial charge in [0.05, 0.1) is 10.6 Å². The zero-order chi connectivity index (χ0) is 12.1. The lowest BCUT2D eigenvalue weighted by atomic mass is 10.2. The van der Waals surface area contributed by atoms with Gasteiger partial charge in [0.1, 0.15) is 0 Å². The largest absolute Gasteiger partial charge is 0.309 e. The van der Waals surface area contributed by atoms with Gasteiger partial charge in [0.2, 0.25) is 0 Å². The lowest BCUT2D eigenvalue weighted by Crippen LogP contribution is -2.13. The molecule has 0 N–H and O–H groups in total. The van der Waals surface area contributed by atoms with Crippen molar-refractivity contribution in [1.82, 2.24) is 9.88 Å². The summed E-state index contributed by atoms with van der Waals surface area (Å²) in [4.78, 5) is 8.16. The third-order valence-electron chi connectivity index (χ3n) is 2.62. The predicted octanol–water partition coefficient (Wildman–Crippen LogP) is 3.30. The minimum atomic E-state index is 1.05. The molecule has 2 rings (SSSR count). The molecule has 0 aliphatic heterocycles. The predicted molar refractivity (Wildman–Crippen MR) is 74.4 cm³/mol. The Morgan fingerprint density at radius 1 is 1.18 bits per heavy atom. The molecule has 0 aliphatic rings. The summed E-state index contributed by atoms with van der Waals surface area (Å²) in [6.45, 7) is 1.12. The number of hydrogen-bond acceptors (Lipinski definition) is 3. The molecule has 0 amide bonds. The van der Waals surface area contributed by atoms with Crippen LogP contribution in [0.1, 0.15) is 12.1 Å². The van der Waals surface area contributed by atoms with Crippen LogP contribution in [0.3, 0.4) is 0 Å². The van der Waals surface area contributed by atoms with Crippen LogP contribution < -0.4 is 0 Å². The van der Waals surface area contributed by atoms with Crippen molar-refractivity contribution in [3.63, 3.8) is 0 Å². The molecule has 0 aromatic carbocycles. The summed E-state index contributed by atoms with van der Waals surface area (Å²) in [6.07, 6.45) is 2.21. The average Bonchev–Trinajstić information content (AvgIpc) is 2.82. The molecular weight excluding hydrogens is 228 g/mol. The van der Waals surface area contributed by atoms with E-state index in [1.54, 1.807) is 11.3 Å². The van der Waals surface area contributed by atoms with E-state index in [1.165, 1.54) is 10.6 Å². The highest BCUT2D eigenvalue weighted by Gasteiger charge is 2.02. The van der Waals surface area contributed by atoms with Crippen LogP contribution in [-0.4, -0.2) is 30.5 Å². The van der Waals surface area contributed by atoms with Gasteiger partial charge in [-0.15, -0.1) is 11.3 Å². The molecule has 0 fully saturated rings. The smallest absolute Gasteiger partial charge is 0.0804 e. The highest BCUT2D eigenvalue weighted by atomic mass is 32.1. The molecule has 2 nitrogen and oxygen atoms in total. The fourth-order valence-electron chi connectivity index (χ4n) is 1.76. The Morgan fingerprint density at radius 2 is 2.06 bits per heavy atom. The van der Waals surface area contributed by atoms with Crippen LogP contribution in [0.5, 0.6) is 0 Å². The average molecular weight is 246 g/mol. The quantitative estimate of drug-likeness (QED) is 0.804. The van der Waals surface area contributed by atoms with Gasteiger partial charge in [0, 0.05) is 5.69 Å². The van der Waals surface area contributed by atoms with Crippen LogP contribution in [0.15, 0.2) is 35.7 Å². The second kappa shape index (κ2) is 5.94. The van der Waals surface area contributed by atoms with Crippen molar-refractivity contribution in [1.29, 1.82) is 0 Å². The van der Waals surface area contributed by atoms with E-state index in [9.17, 15) is 0 Å². The highest BCUT2D eigenvalue weighted by molar-refractivity contribution is 7.13. The first-order valence-corrected chi connectivity index (χ1v) is 6.78. The molecule has 17 heavy (non-hydrogen) atoms. The van der Waals surface area contributed by atoms with Crippen molar-refractivity contribution in [2.75, 3.05) is 20.6 Å². The Bertz CT molecular complexity index is 449. The third kappa shape index (κ3) is 3.65. The lowest BCUT2D eigenvalue weighted by Gasteiger charge is -2.08. The summed E-state index contributed by atoms with van der Waals surface area (Å²) in [5, 5.41) is 2.09. The SMILES string of the molecule is CN(C)CCCc1cccc(-c2cccs2)n1. The lowest BCUT2D eigenvalue weighted by molar-refractivity contribution is 0.399. The monoisotopic (exact) mass is 246 g/mol. The van der Waals surface area contributed by atoms with Gasteiger partial charge >= 0.3 is 0 Å². The van der Waals surface area contributed by atoms with Gasteiger partial charge in [-0.25, -0.2) is 0 Å². The van der Waals surface area contributed by atoms with E-state index in [2.05, 4.69) is 54.7 Å². The van der Waals surface area contributed by atoms with E-state index in [0.717, 1.165) is 25.1 Å². The molecule has 3 heteroatoms. The van der Waals surface area contributed by atoms with Crippen molar-refractivity contribution in [3.8, 4) is 10.6 Å². The van der Waals surface area contributed by atoms with Gasteiger partial charge in [-0.1, -0.05) is 12.1 Å². The standard InChI is InChI=1S/C14H18N2S/c1-16(2)10-4-7-12-6-3-8-13(15-12)14-9-5-11-17-14/h3,5-6,8-9,11H,4,7,10H2,1-2H3. The minimum Gasteiger partial charge on any atom is -0.309 e. The van der Waals surface area contributed by atoms with Crippen molar-refractivity contribution in [3.05, 3.63) is 41.4 Å². The Labute approximate surface area is 107 Å². The third-order valence-corrected chi connectivity index (χ3v) is 3.51. The zero-order valence-electron chi connectivity index (χ0n) is 10.4. The number of pyridine rings is 1. The number of aromatic nitrogens is 1. The molecule has 0 atom stereocenters. The van der Waals surface area contributed by atoms with Crippen LogP contribution in [-0.2, 0) is 6.42 Å². The summed E-state index contributed by atoms with van der Waals surface area (Å²) in [6, 6.07) is 10.5. The molecule has 2 aromatic heterocycles. The summed E-state index contributed by atoms with van der Waals surface area (Å²) < 4.78 is 0. The van der Waals surface area contributed by atoms with Crippen molar-refractivity contribution in [2.45, 2.75) is 12.8 Å². The van der Waals surface area contributed by atoms with Gasteiger partial charge in [0.15, 0.2) is 0 Å². The van der Waals surface area contributed by atoms with E-state index in [4.69, 9.17) is 4.98 Å². The molecule has 0 bridgehead atoms. The fourth-order valence-corrected chi connectivity index (χ4v) is 2.45. The molecule has 0 saturated heterocycles. The molecule has 0 saturated carbocycles. The second-order valence-corrected chi connectivity index (χ2v) is 5.35. The van der Waals surface area contributed by atoms with Crippen LogP contribution in [0, 0.1) is 0 Å². The van der Waals surface area contributed by atoms with Gasteiger partial charge in [-0.2, -0.15) is 0 Å². The molecule has 90 valence electrons. The molecule has 0 unspecified atom stereocenters. The van der Waals surface area contributed by atoms with Gasteiger partial charge < -0.3 is 4.90 Å². The van der Waals surface area contributed by atoms with Crippen molar-refractivity contribution < 1.29 is 0 Å². The summed E-state index contributed by atoms with van der Waals surface area (Å²) in [5.74, 6) is 0. The van der Waals surface area contributed by atoms with Crippen LogP contribution in [0.25, 0.3) is 10.6 Å². The maximum atomic E-state index is 4.70. The van der Waals surface area contributed by atoms with Gasteiger partial charge in [-0.3, -0.25) is 4.98 Å². The number of nitrogens with zero attached hydrogens (tertiary/aromatic N) is 2. The molecule has 0 aliphatic carbocycles. The number of aryl methyl sites for hydroxylation is 1. The minimum absolute atomic E-state index is 1.05. The first-order chi connectivity index (χ1) is 8.25. The van der Waals surface area contributed by atoms with Gasteiger partial charge in [-0.05, 0) is 57.1 Å². The van der Waals surface area contributed by atoms with E-state index in [0.29, 0.717) is 0 Å². The molecule has 2 aromatic rings. The maximum Gasteiger partial charge on any atom is 0.0804 e. The van der Waals surface area contributed by atoms with Crippen LogP contribution in [0.2, 0.25) is 0 Å². The Morgan fingerprint density at radius 3 is 2.76 bits per heavy atom. The van der Waals surface area contributed by atoms with Gasteiger partial charge in [0.25, 0.3) is 0 Å². The molecular formula is C14H18N2S. The topological polar surface area (TPSA) is 16.1 Å². The van der Waals surface area contributed by atoms with E-state index in [1.807, 2.05) is 0 Å². The summed E-state index contributed by atoms with van der Waals surface area (Å²) in [7, 11) is 4.21. The number of hydrogen-bond donors (Lipinski definition) is 0. The Balaban J connectivity index is 2.02. The first kappa shape index (κ1) is 12.3. The fraction of sp³-hybridized carbons (Fsp3) is 0.357. The molecule has 0 spiro atoms. The van der Waals surface area contributed by atoms with E-state index >= 15 is 0 Å². The van der Waals surface area contributed by atoms with E-state index in [-0.39, 0.29) is 0 Å². The Kier molecular flexibility index (Phi) is 4.29. The molecule has 2 heterocycles. The zero-order valence-corrected chi connectivity index (χ0v) is 11.2. The first-order valence-electron chi connectivity index (χ1n) is 5.90. The van der Waals surface area contributed by atoms with Crippen LogP contribution in [0.4, 0.5) is 0 Å².